The number of nitrogens with one attached hydrogen (secondary N) is 1. The standard InChI is InChI=1S/C23H27N3O3S/c1-15-12-16(2)21-20(13-15)30-23(24-21)26(11-7-10-25(3)4)22(27)19-14-28-17-8-5-6-9-18(17)29-19/h5-6,8-9,12-13,19H,7,10-11,14H2,1-4H3/p+1/t19-/m0/s1. The molecule has 2 heterocycles. The highest BCUT2D eigenvalue weighted by molar-refractivity contribution is 7.22. The van der Waals surface area contributed by atoms with Gasteiger partial charge in [-0.2, -0.15) is 0 Å². The molecule has 0 bridgehead atoms. The number of rotatable bonds is 6. The van der Waals surface area contributed by atoms with E-state index in [2.05, 4.69) is 40.1 Å². The third-order valence-electron chi connectivity index (χ3n) is 5.16. The summed E-state index contributed by atoms with van der Waals surface area (Å²) >= 11 is 1.56. The van der Waals surface area contributed by atoms with Gasteiger partial charge in [-0.1, -0.05) is 29.5 Å². The number of thiazole rings is 1. The molecule has 6 nitrogen and oxygen atoms in total. The average Bonchev–Trinajstić information content (AvgIpc) is 3.14. The van der Waals surface area contributed by atoms with Gasteiger partial charge in [-0.15, -0.1) is 0 Å². The molecule has 0 fully saturated rings. The Labute approximate surface area is 181 Å². The van der Waals surface area contributed by atoms with Crippen molar-refractivity contribution >= 4 is 32.6 Å². The van der Waals surface area contributed by atoms with Gasteiger partial charge < -0.3 is 14.4 Å². The Morgan fingerprint density at radius 3 is 2.77 bits per heavy atom. The molecule has 0 aliphatic carbocycles. The lowest BCUT2D eigenvalue weighted by Crippen LogP contribution is -3.05. The van der Waals surface area contributed by atoms with Crippen LogP contribution >= 0.6 is 11.3 Å². The first kappa shape index (κ1) is 20.6. The summed E-state index contributed by atoms with van der Waals surface area (Å²) in [5.41, 5.74) is 3.29. The largest absolute Gasteiger partial charge is 0.485 e. The Morgan fingerprint density at radius 1 is 1.23 bits per heavy atom. The third-order valence-corrected chi connectivity index (χ3v) is 6.18. The van der Waals surface area contributed by atoms with Gasteiger partial charge in [-0.25, -0.2) is 4.98 Å². The Balaban J connectivity index is 1.63. The lowest BCUT2D eigenvalue weighted by Gasteiger charge is -2.29. The molecule has 0 radical (unpaired) electrons. The van der Waals surface area contributed by atoms with Gasteiger partial charge in [0.2, 0.25) is 6.10 Å². The first-order valence-electron chi connectivity index (χ1n) is 10.3. The molecule has 30 heavy (non-hydrogen) atoms. The smallest absolute Gasteiger partial charge is 0.273 e. The number of ether oxygens (including phenoxy) is 2. The Morgan fingerprint density at radius 2 is 2.00 bits per heavy atom. The van der Waals surface area contributed by atoms with E-state index in [1.165, 1.54) is 10.5 Å². The molecule has 1 atom stereocenters. The van der Waals surface area contributed by atoms with Gasteiger partial charge in [0.1, 0.15) is 6.61 Å². The second kappa shape index (κ2) is 8.62. The van der Waals surface area contributed by atoms with E-state index in [1.807, 2.05) is 24.3 Å². The van der Waals surface area contributed by atoms with Gasteiger partial charge in [0.15, 0.2) is 16.6 Å². The molecule has 0 unspecified atom stereocenters. The number of para-hydroxylation sites is 2. The van der Waals surface area contributed by atoms with E-state index in [0.717, 1.165) is 33.9 Å². The topological polar surface area (TPSA) is 56.1 Å². The quantitative estimate of drug-likeness (QED) is 0.658. The minimum atomic E-state index is -0.679. The van der Waals surface area contributed by atoms with Crippen molar-refractivity contribution in [1.29, 1.82) is 0 Å². The van der Waals surface area contributed by atoms with E-state index in [0.29, 0.717) is 18.0 Å². The van der Waals surface area contributed by atoms with Crippen LogP contribution in [0.25, 0.3) is 10.2 Å². The molecule has 2 aromatic carbocycles. The third kappa shape index (κ3) is 4.27. The molecule has 1 aromatic heterocycles. The summed E-state index contributed by atoms with van der Waals surface area (Å²) in [5, 5.41) is 0.722. The van der Waals surface area contributed by atoms with Gasteiger partial charge >= 0.3 is 0 Å². The highest BCUT2D eigenvalue weighted by atomic mass is 32.1. The summed E-state index contributed by atoms with van der Waals surface area (Å²) < 4.78 is 12.9. The molecule has 158 valence electrons. The van der Waals surface area contributed by atoms with Gasteiger partial charge in [-0.3, -0.25) is 9.69 Å². The SMILES string of the molecule is Cc1cc(C)c2nc(N(CCC[NH+](C)C)C(=O)[C@@H]3COc4ccccc4O3)sc2c1. The predicted molar refractivity (Wildman–Crippen MR) is 120 cm³/mol. The van der Waals surface area contributed by atoms with Crippen LogP contribution < -0.4 is 19.3 Å². The maximum Gasteiger partial charge on any atom is 0.273 e. The molecular formula is C23H28N3O3S+. The summed E-state index contributed by atoms with van der Waals surface area (Å²) in [6.07, 6.45) is 0.202. The second-order valence-corrected chi connectivity index (χ2v) is 9.10. The molecule has 1 amide bonds. The van der Waals surface area contributed by atoms with Crippen molar-refractivity contribution in [2.75, 3.05) is 38.7 Å². The van der Waals surface area contributed by atoms with Gasteiger partial charge in [0.25, 0.3) is 5.91 Å². The number of aromatic nitrogens is 1. The number of aryl methyl sites for hydroxylation is 2. The monoisotopic (exact) mass is 426 g/mol. The lowest BCUT2D eigenvalue weighted by molar-refractivity contribution is -0.858. The van der Waals surface area contributed by atoms with Crippen LogP contribution in [0, 0.1) is 13.8 Å². The summed E-state index contributed by atoms with van der Waals surface area (Å²) in [5.74, 6) is 1.18. The molecular weight excluding hydrogens is 398 g/mol. The number of quaternary nitrogens is 1. The van der Waals surface area contributed by atoms with Crippen molar-refractivity contribution in [3.8, 4) is 11.5 Å². The van der Waals surface area contributed by atoms with Gasteiger partial charge in [-0.05, 0) is 43.2 Å². The maximum absolute atomic E-state index is 13.5. The summed E-state index contributed by atoms with van der Waals surface area (Å²) in [6.45, 7) is 5.92. The van der Waals surface area contributed by atoms with E-state index in [-0.39, 0.29) is 12.5 Å². The highest BCUT2D eigenvalue weighted by Gasteiger charge is 2.33. The van der Waals surface area contributed by atoms with Crippen molar-refractivity contribution in [3.05, 3.63) is 47.5 Å². The fourth-order valence-electron chi connectivity index (χ4n) is 3.68. The van der Waals surface area contributed by atoms with Crippen LogP contribution in [-0.4, -0.2) is 50.8 Å². The van der Waals surface area contributed by atoms with Crippen molar-refractivity contribution in [1.82, 2.24) is 4.98 Å². The molecule has 7 heteroatoms. The van der Waals surface area contributed by atoms with Gasteiger partial charge in [0, 0.05) is 13.0 Å². The normalized spacial score (nSPS) is 15.6. The zero-order chi connectivity index (χ0) is 21.3. The Kier molecular flexibility index (Phi) is 5.92. The van der Waals surface area contributed by atoms with Crippen LogP contribution in [0.5, 0.6) is 11.5 Å². The van der Waals surface area contributed by atoms with Crippen molar-refractivity contribution in [2.45, 2.75) is 26.4 Å². The minimum Gasteiger partial charge on any atom is -0.485 e. The van der Waals surface area contributed by atoms with E-state index < -0.39 is 6.10 Å². The van der Waals surface area contributed by atoms with Crippen LogP contribution in [0.2, 0.25) is 0 Å². The number of nitrogens with zero attached hydrogens (tertiary/aromatic N) is 2. The van der Waals surface area contributed by atoms with Crippen molar-refractivity contribution < 1.29 is 19.2 Å². The molecule has 4 rings (SSSR count). The predicted octanol–water partition coefficient (Wildman–Crippen LogP) is 2.62. The molecule has 1 aliphatic heterocycles. The van der Waals surface area contributed by atoms with E-state index in [4.69, 9.17) is 14.5 Å². The number of carbonyl (C=O) groups excluding carboxylic acids is 1. The molecule has 1 aliphatic rings. The number of carbonyl (C=O) groups is 1. The molecule has 0 saturated heterocycles. The van der Waals surface area contributed by atoms with E-state index in [9.17, 15) is 4.79 Å². The first-order chi connectivity index (χ1) is 14.4. The fourth-order valence-corrected chi connectivity index (χ4v) is 4.85. The molecule has 3 aromatic rings. The zero-order valence-corrected chi connectivity index (χ0v) is 18.7. The van der Waals surface area contributed by atoms with Crippen LogP contribution in [0.3, 0.4) is 0 Å². The molecule has 1 N–H and O–H groups in total. The first-order valence-corrected chi connectivity index (χ1v) is 11.1. The second-order valence-electron chi connectivity index (χ2n) is 8.09. The molecule has 0 saturated carbocycles. The lowest BCUT2D eigenvalue weighted by atomic mass is 10.1. The fraction of sp³-hybridized carbons (Fsp3) is 0.391. The molecule has 0 spiro atoms. The van der Waals surface area contributed by atoms with Crippen molar-refractivity contribution in [2.24, 2.45) is 0 Å². The zero-order valence-electron chi connectivity index (χ0n) is 17.9. The average molecular weight is 427 g/mol. The van der Waals surface area contributed by atoms with Crippen LogP contribution in [0.4, 0.5) is 5.13 Å². The van der Waals surface area contributed by atoms with Crippen LogP contribution in [0.15, 0.2) is 36.4 Å². The number of fused-ring (bicyclic) bond motifs is 2. The Hall–Kier alpha value is -2.64. The van der Waals surface area contributed by atoms with Crippen LogP contribution in [-0.2, 0) is 4.79 Å². The number of hydrogen-bond acceptors (Lipinski definition) is 5. The van der Waals surface area contributed by atoms with Gasteiger partial charge in [0.05, 0.1) is 30.9 Å². The number of benzene rings is 2. The highest BCUT2D eigenvalue weighted by Crippen LogP contribution is 2.34. The van der Waals surface area contributed by atoms with Crippen LogP contribution in [0.1, 0.15) is 17.5 Å². The van der Waals surface area contributed by atoms with E-state index in [1.54, 1.807) is 16.2 Å². The van der Waals surface area contributed by atoms with E-state index >= 15 is 0 Å². The summed E-state index contributed by atoms with van der Waals surface area (Å²) in [4.78, 5) is 21.5. The number of anilines is 1. The minimum absolute atomic E-state index is 0.105. The maximum atomic E-state index is 13.5. The summed E-state index contributed by atoms with van der Waals surface area (Å²) in [6, 6.07) is 11.7. The van der Waals surface area contributed by atoms with Crippen molar-refractivity contribution in [3.63, 3.8) is 0 Å². The Bertz CT molecular complexity index is 1060. The summed E-state index contributed by atoms with van der Waals surface area (Å²) in [7, 11) is 4.23. The number of amides is 1. The number of hydrogen-bond donors (Lipinski definition) is 1.